The van der Waals surface area contributed by atoms with Gasteiger partial charge in [-0.1, -0.05) is 41.4 Å². The zero-order chi connectivity index (χ0) is 27.5. The lowest BCUT2D eigenvalue weighted by Gasteiger charge is -2.23. The quantitative estimate of drug-likeness (QED) is 0.318. The lowest BCUT2D eigenvalue weighted by Crippen LogP contribution is -2.38. The van der Waals surface area contributed by atoms with Crippen LogP contribution in [0.4, 0.5) is 10.1 Å². The van der Waals surface area contributed by atoms with Crippen LogP contribution in [-0.2, 0) is 36.3 Å². The van der Waals surface area contributed by atoms with Gasteiger partial charge in [-0.15, -0.1) is 0 Å². The minimum absolute atomic E-state index is 0.0351. The summed E-state index contributed by atoms with van der Waals surface area (Å²) in [6.45, 7) is 0.973. The molecule has 4 rings (SSSR count). The number of hydrogen-bond acceptors (Lipinski definition) is 5. The van der Waals surface area contributed by atoms with E-state index in [-0.39, 0.29) is 21.5 Å². The molecule has 1 aliphatic carbocycles. The van der Waals surface area contributed by atoms with E-state index in [0.29, 0.717) is 30.2 Å². The van der Waals surface area contributed by atoms with Crippen LogP contribution in [0.1, 0.15) is 30.9 Å². The summed E-state index contributed by atoms with van der Waals surface area (Å²) in [6.07, 6.45) is 1.38. The highest BCUT2D eigenvalue weighted by Crippen LogP contribution is 2.49. The summed E-state index contributed by atoms with van der Waals surface area (Å²) in [4.78, 5) is 25.2. The number of hydrogen-bond donors (Lipinski definition) is 1. The molecule has 0 heterocycles. The predicted molar refractivity (Wildman–Crippen MR) is 143 cm³/mol. The molecule has 1 N–H and O–H groups in total. The van der Waals surface area contributed by atoms with Crippen LogP contribution in [-0.4, -0.2) is 37.8 Å². The highest BCUT2D eigenvalue weighted by Gasteiger charge is 2.52. The summed E-state index contributed by atoms with van der Waals surface area (Å²) in [5.74, 6) is -1.61. The van der Waals surface area contributed by atoms with E-state index >= 15 is 0 Å². The highest BCUT2D eigenvalue weighted by molar-refractivity contribution is 7.89. The molecule has 200 valence electrons. The normalized spacial score (nSPS) is 14.2. The maximum absolute atomic E-state index is 14.5. The first-order valence-corrected chi connectivity index (χ1v) is 14.0. The lowest BCUT2D eigenvalue weighted by atomic mass is 9.96. The van der Waals surface area contributed by atoms with Gasteiger partial charge in [0.25, 0.3) is 0 Å². The summed E-state index contributed by atoms with van der Waals surface area (Å²) in [6, 6.07) is 16.2. The van der Waals surface area contributed by atoms with Crippen molar-refractivity contribution in [3.63, 3.8) is 0 Å². The van der Waals surface area contributed by atoms with Gasteiger partial charge in [-0.3, -0.25) is 9.59 Å². The Bertz CT molecular complexity index is 1420. The van der Waals surface area contributed by atoms with Gasteiger partial charge in [0.05, 0.1) is 23.5 Å². The molecule has 1 aliphatic rings. The monoisotopic (exact) mass is 578 g/mol. The number of nitrogens with one attached hydrogen (secondary N) is 1. The van der Waals surface area contributed by atoms with E-state index in [1.165, 1.54) is 42.5 Å². The molecule has 7 nitrogen and oxygen atoms in total. The maximum Gasteiger partial charge on any atom is 0.316 e. The topological polar surface area (TPSA) is 92.8 Å². The standard InChI is InChI=1S/C27H25Cl2FN2O5S/c1-2-37-26(34)27(14-15-27)18-6-10-20(11-7-18)31-25(33)17-32(16-22-23(29)4-3-5-24(22)30)38(35,36)21-12-8-19(28)9-13-21/h3-13H,2,14-17H2,1H3,(H,31,33). The number of esters is 1. The van der Waals surface area contributed by atoms with Crippen molar-refractivity contribution in [3.8, 4) is 0 Å². The molecule has 0 saturated heterocycles. The second kappa shape index (κ2) is 11.4. The Hall–Kier alpha value is -2.98. The fourth-order valence-electron chi connectivity index (χ4n) is 4.08. The number of benzene rings is 3. The molecule has 0 radical (unpaired) electrons. The molecule has 1 fully saturated rings. The summed E-state index contributed by atoms with van der Waals surface area (Å²) in [5, 5.41) is 3.04. The molecule has 0 spiro atoms. The van der Waals surface area contributed by atoms with Crippen molar-refractivity contribution in [3.05, 3.63) is 93.7 Å². The SMILES string of the molecule is CCOC(=O)C1(c2ccc(NC(=O)CN(Cc3c(F)cccc3Cl)S(=O)(=O)c3ccc(Cl)cc3)cc2)CC1. The number of sulfonamides is 1. The number of ether oxygens (including phenoxy) is 1. The molecule has 3 aromatic rings. The van der Waals surface area contributed by atoms with E-state index in [4.69, 9.17) is 27.9 Å². The van der Waals surface area contributed by atoms with Crippen molar-refractivity contribution in [2.24, 2.45) is 0 Å². The molecule has 0 aromatic heterocycles. The van der Waals surface area contributed by atoms with E-state index in [1.54, 1.807) is 31.2 Å². The Balaban J connectivity index is 1.55. The van der Waals surface area contributed by atoms with Gasteiger partial charge in [0, 0.05) is 27.8 Å². The fourth-order valence-corrected chi connectivity index (χ4v) is 5.79. The summed E-state index contributed by atoms with van der Waals surface area (Å²) in [5.41, 5.74) is 0.486. The van der Waals surface area contributed by atoms with E-state index in [2.05, 4.69) is 5.32 Å². The second-order valence-corrected chi connectivity index (χ2v) is 11.6. The Labute approximate surface area is 230 Å². The molecule has 3 aromatic carbocycles. The number of amides is 1. The first-order valence-electron chi connectivity index (χ1n) is 11.8. The average molecular weight is 579 g/mol. The van der Waals surface area contributed by atoms with Gasteiger partial charge < -0.3 is 10.1 Å². The molecular weight excluding hydrogens is 554 g/mol. The number of anilines is 1. The van der Waals surface area contributed by atoms with E-state index in [1.807, 2.05) is 0 Å². The van der Waals surface area contributed by atoms with Crippen LogP contribution >= 0.6 is 23.2 Å². The summed E-state index contributed by atoms with van der Waals surface area (Å²) >= 11 is 12.0. The number of halogens is 3. The second-order valence-electron chi connectivity index (χ2n) is 8.86. The van der Waals surface area contributed by atoms with Crippen molar-refractivity contribution >= 4 is 50.8 Å². The van der Waals surface area contributed by atoms with E-state index < -0.39 is 40.3 Å². The van der Waals surface area contributed by atoms with Crippen molar-refractivity contribution in [1.29, 1.82) is 0 Å². The molecule has 0 aliphatic heterocycles. The molecule has 0 unspecified atom stereocenters. The van der Waals surface area contributed by atoms with Crippen LogP contribution in [0.25, 0.3) is 0 Å². The minimum Gasteiger partial charge on any atom is -0.465 e. The van der Waals surface area contributed by atoms with E-state index in [9.17, 15) is 22.4 Å². The Morgan fingerprint density at radius 3 is 2.26 bits per heavy atom. The average Bonchev–Trinajstić information content (AvgIpc) is 3.69. The van der Waals surface area contributed by atoms with Crippen molar-refractivity contribution in [1.82, 2.24) is 4.31 Å². The van der Waals surface area contributed by atoms with Crippen LogP contribution in [0, 0.1) is 5.82 Å². The van der Waals surface area contributed by atoms with Crippen LogP contribution < -0.4 is 5.32 Å². The van der Waals surface area contributed by atoms with Crippen LogP contribution in [0.3, 0.4) is 0 Å². The minimum atomic E-state index is -4.23. The van der Waals surface area contributed by atoms with Crippen LogP contribution in [0.15, 0.2) is 71.6 Å². The summed E-state index contributed by atoms with van der Waals surface area (Å²) in [7, 11) is -4.23. The largest absolute Gasteiger partial charge is 0.465 e. The van der Waals surface area contributed by atoms with Gasteiger partial charge >= 0.3 is 5.97 Å². The van der Waals surface area contributed by atoms with Gasteiger partial charge in [0.2, 0.25) is 15.9 Å². The molecule has 38 heavy (non-hydrogen) atoms. The predicted octanol–water partition coefficient (Wildman–Crippen LogP) is 5.56. The maximum atomic E-state index is 14.5. The third-order valence-corrected chi connectivity index (χ3v) is 8.72. The lowest BCUT2D eigenvalue weighted by molar-refractivity contribution is -0.146. The Kier molecular flexibility index (Phi) is 8.42. The molecule has 0 bridgehead atoms. The third-order valence-electron chi connectivity index (χ3n) is 6.30. The summed E-state index contributed by atoms with van der Waals surface area (Å²) < 4.78 is 47.4. The first kappa shape index (κ1) is 28.0. The first-order chi connectivity index (χ1) is 18.1. The number of nitrogens with zero attached hydrogens (tertiary/aromatic N) is 1. The smallest absolute Gasteiger partial charge is 0.316 e. The Morgan fingerprint density at radius 1 is 1.03 bits per heavy atom. The van der Waals surface area contributed by atoms with Gasteiger partial charge in [-0.05, 0) is 73.9 Å². The molecule has 0 atom stereocenters. The fraction of sp³-hybridized carbons (Fsp3) is 0.259. The zero-order valence-corrected chi connectivity index (χ0v) is 22.7. The molecule has 1 saturated carbocycles. The molecule has 11 heteroatoms. The number of carbonyl (C=O) groups excluding carboxylic acids is 2. The van der Waals surface area contributed by atoms with Crippen molar-refractivity contribution in [2.75, 3.05) is 18.5 Å². The molecule has 1 amide bonds. The molecular formula is C27H25Cl2FN2O5S. The van der Waals surface area contributed by atoms with Crippen LogP contribution in [0.2, 0.25) is 10.0 Å². The van der Waals surface area contributed by atoms with Gasteiger partial charge in [0.15, 0.2) is 0 Å². The van der Waals surface area contributed by atoms with Gasteiger partial charge in [-0.2, -0.15) is 4.31 Å². The Morgan fingerprint density at radius 2 is 1.68 bits per heavy atom. The third kappa shape index (κ3) is 6.02. The number of carbonyl (C=O) groups is 2. The van der Waals surface area contributed by atoms with Crippen molar-refractivity contribution in [2.45, 2.75) is 36.6 Å². The van der Waals surface area contributed by atoms with Gasteiger partial charge in [-0.25, -0.2) is 12.8 Å². The van der Waals surface area contributed by atoms with E-state index in [0.717, 1.165) is 9.87 Å². The number of rotatable bonds is 10. The highest BCUT2D eigenvalue weighted by atomic mass is 35.5. The van der Waals surface area contributed by atoms with Crippen molar-refractivity contribution < 1.29 is 27.1 Å². The van der Waals surface area contributed by atoms with Gasteiger partial charge in [0.1, 0.15) is 5.82 Å². The van der Waals surface area contributed by atoms with Crippen LogP contribution in [0.5, 0.6) is 0 Å². The zero-order valence-electron chi connectivity index (χ0n) is 20.4.